The predicted octanol–water partition coefficient (Wildman–Crippen LogP) is 4.05. The Morgan fingerprint density at radius 1 is 1.42 bits per heavy atom. The second-order valence-corrected chi connectivity index (χ2v) is 6.26. The minimum Gasteiger partial charge on any atom is -0.472 e. The van der Waals surface area contributed by atoms with Gasteiger partial charge in [-0.15, -0.1) is 0 Å². The average molecular weight is 285 g/mol. The molecule has 1 N–H and O–H groups in total. The van der Waals surface area contributed by atoms with E-state index in [4.69, 9.17) is 16.3 Å². The van der Waals surface area contributed by atoms with Gasteiger partial charge in [0.2, 0.25) is 5.88 Å². The topological polar surface area (TPSA) is 34.1 Å². The Morgan fingerprint density at radius 2 is 2.11 bits per heavy atom. The zero-order valence-electron chi connectivity index (χ0n) is 12.6. The van der Waals surface area contributed by atoms with Crippen LogP contribution < -0.4 is 10.1 Å². The van der Waals surface area contributed by atoms with Gasteiger partial charge in [-0.2, -0.15) is 0 Å². The molecule has 1 aromatic heterocycles. The molecule has 0 saturated heterocycles. The molecule has 0 aliphatic carbocycles. The van der Waals surface area contributed by atoms with Crippen LogP contribution in [0.25, 0.3) is 0 Å². The van der Waals surface area contributed by atoms with Gasteiger partial charge in [0.25, 0.3) is 0 Å². The molecule has 19 heavy (non-hydrogen) atoms. The Hall–Kier alpha value is -0.800. The third-order valence-corrected chi connectivity index (χ3v) is 3.35. The van der Waals surface area contributed by atoms with E-state index in [2.05, 4.69) is 44.9 Å². The molecule has 1 rings (SSSR count). The summed E-state index contributed by atoms with van der Waals surface area (Å²) >= 11 is 6.16. The average Bonchev–Trinajstić information content (AvgIpc) is 2.32. The van der Waals surface area contributed by atoms with E-state index in [0.717, 1.165) is 25.1 Å². The zero-order chi connectivity index (χ0) is 14.5. The highest BCUT2D eigenvalue weighted by Crippen LogP contribution is 2.23. The molecule has 0 spiro atoms. The number of hydrogen-bond acceptors (Lipinski definition) is 3. The summed E-state index contributed by atoms with van der Waals surface area (Å²) in [7, 11) is 0. The van der Waals surface area contributed by atoms with E-state index in [-0.39, 0.29) is 5.60 Å². The maximum atomic E-state index is 6.16. The van der Waals surface area contributed by atoms with E-state index in [1.165, 1.54) is 0 Å². The number of aromatic nitrogens is 1. The summed E-state index contributed by atoms with van der Waals surface area (Å²) in [5.74, 6) is 1.26. The third kappa shape index (κ3) is 5.79. The van der Waals surface area contributed by atoms with Gasteiger partial charge in [0.15, 0.2) is 0 Å². The van der Waals surface area contributed by atoms with Crippen molar-refractivity contribution < 1.29 is 4.74 Å². The van der Waals surface area contributed by atoms with Crippen molar-refractivity contribution in [2.24, 2.45) is 5.92 Å². The van der Waals surface area contributed by atoms with Crippen LogP contribution in [0, 0.1) is 5.92 Å². The molecule has 0 unspecified atom stereocenters. The number of pyridine rings is 1. The number of nitrogens with one attached hydrogen (secondary N) is 1. The molecule has 1 aromatic rings. The van der Waals surface area contributed by atoms with Crippen LogP contribution in [0.15, 0.2) is 12.3 Å². The van der Waals surface area contributed by atoms with E-state index < -0.39 is 0 Å². The molecule has 0 amide bonds. The molecular formula is C15H25ClN2O. The van der Waals surface area contributed by atoms with E-state index in [0.29, 0.717) is 16.8 Å². The predicted molar refractivity (Wildman–Crippen MR) is 80.8 cm³/mol. The molecule has 108 valence electrons. The van der Waals surface area contributed by atoms with E-state index in [1.54, 1.807) is 6.20 Å². The highest BCUT2D eigenvalue weighted by molar-refractivity contribution is 6.31. The van der Waals surface area contributed by atoms with Crippen LogP contribution in [0.1, 0.15) is 46.6 Å². The van der Waals surface area contributed by atoms with Gasteiger partial charge in [-0.1, -0.05) is 32.4 Å². The third-order valence-electron chi connectivity index (χ3n) is 3.01. The van der Waals surface area contributed by atoms with Gasteiger partial charge in [0.1, 0.15) is 5.60 Å². The number of nitrogens with zero attached hydrogens (tertiary/aromatic N) is 1. The first-order chi connectivity index (χ1) is 8.84. The minimum atomic E-state index is -0.205. The number of halogens is 1. The van der Waals surface area contributed by atoms with Crippen molar-refractivity contribution in [1.82, 2.24) is 10.3 Å². The molecule has 0 aliphatic rings. The lowest BCUT2D eigenvalue weighted by atomic mass is 10.1. The molecule has 0 aromatic carbocycles. The Kier molecular flexibility index (Phi) is 6.08. The Balaban J connectivity index is 2.71. The van der Waals surface area contributed by atoms with Gasteiger partial charge < -0.3 is 10.1 Å². The second-order valence-electron chi connectivity index (χ2n) is 5.85. The maximum Gasteiger partial charge on any atom is 0.214 e. The van der Waals surface area contributed by atoms with Crippen molar-refractivity contribution >= 4 is 11.6 Å². The van der Waals surface area contributed by atoms with E-state index in [9.17, 15) is 0 Å². The van der Waals surface area contributed by atoms with Gasteiger partial charge >= 0.3 is 0 Å². The maximum absolute atomic E-state index is 6.16. The minimum absolute atomic E-state index is 0.205. The molecule has 4 heteroatoms. The van der Waals surface area contributed by atoms with E-state index >= 15 is 0 Å². The van der Waals surface area contributed by atoms with Crippen molar-refractivity contribution in [2.45, 2.75) is 53.2 Å². The van der Waals surface area contributed by atoms with Crippen LogP contribution in [0.3, 0.4) is 0 Å². The summed E-state index contributed by atoms with van der Waals surface area (Å²) in [5.41, 5.74) is 0.822. The largest absolute Gasteiger partial charge is 0.472 e. The van der Waals surface area contributed by atoms with Gasteiger partial charge in [-0.3, -0.25) is 0 Å². The highest BCUT2D eigenvalue weighted by Gasteiger charge is 2.18. The first-order valence-corrected chi connectivity index (χ1v) is 7.26. The molecule has 0 fully saturated rings. The summed E-state index contributed by atoms with van der Waals surface area (Å²) in [4.78, 5) is 4.23. The Bertz CT molecular complexity index is 405. The van der Waals surface area contributed by atoms with Crippen molar-refractivity contribution in [2.75, 3.05) is 6.54 Å². The molecule has 1 heterocycles. The normalized spacial score (nSPS) is 11.9. The van der Waals surface area contributed by atoms with Gasteiger partial charge in [0.05, 0.1) is 5.02 Å². The smallest absolute Gasteiger partial charge is 0.214 e. The lowest BCUT2D eigenvalue weighted by Gasteiger charge is -2.24. The van der Waals surface area contributed by atoms with Gasteiger partial charge in [-0.25, -0.2) is 4.98 Å². The van der Waals surface area contributed by atoms with Crippen LogP contribution >= 0.6 is 11.6 Å². The van der Waals surface area contributed by atoms with Crippen molar-refractivity contribution in [1.29, 1.82) is 0 Å². The van der Waals surface area contributed by atoms with Crippen molar-refractivity contribution in [3.63, 3.8) is 0 Å². The van der Waals surface area contributed by atoms with E-state index in [1.807, 2.05) is 6.07 Å². The monoisotopic (exact) mass is 284 g/mol. The molecular weight excluding hydrogens is 260 g/mol. The molecule has 0 radical (unpaired) electrons. The summed E-state index contributed by atoms with van der Waals surface area (Å²) < 4.78 is 5.88. The fourth-order valence-corrected chi connectivity index (χ4v) is 1.67. The van der Waals surface area contributed by atoms with Crippen LogP contribution in [-0.2, 0) is 6.54 Å². The summed E-state index contributed by atoms with van der Waals surface area (Å²) in [6, 6.07) is 1.92. The summed E-state index contributed by atoms with van der Waals surface area (Å²) in [6.45, 7) is 12.3. The van der Waals surface area contributed by atoms with Gasteiger partial charge in [0, 0.05) is 18.8 Å². The van der Waals surface area contributed by atoms with Crippen LogP contribution in [0.4, 0.5) is 0 Å². The summed E-state index contributed by atoms with van der Waals surface area (Å²) in [6.07, 6.45) is 2.59. The second kappa shape index (κ2) is 7.11. The fraction of sp³-hybridized carbons (Fsp3) is 0.667. The zero-order valence-corrected chi connectivity index (χ0v) is 13.3. The molecule has 0 aliphatic heterocycles. The number of rotatable bonds is 7. The highest BCUT2D eigenvalue weighted by atomic mass is 35.5. The SMILES string of the molecule is CCC(C)(C)Oc1cc(CNCC(C)C)c(Cl)cn1. The van der Waals surface area contributed by atoms with Crippen molar-refractivity contribution in [3.8, 4) is 5.88 Å². The van der Waals surface area contributed by atoms with Crippen molar-refractivity contribution in [3.05, 3.63) is 22.8 Å². The van der Waals surface area contributed by atoms with Crippen LogP contribution in [0.2, 0.25) is 5.02 Å². The standard InChI is InChI=1S/C15H25ClN2O/c1-6-15(4,5)19-14-7-12(13(16)10-18-14)9-17-8-11(2)3/h7,10-11,17H,6,8-9H2,1-5H3. The number of ether oxygens (including phenoxy) is 1. The first-order valence-electron chi connectivity index (χ1n) is 6.88. The summed E-state index contributed by atoms with van der Waals surface area (Å²) in [5, 5.41) is 4.06. The number of hydrogen-bond donors (Lipinski definition) is 1. The van der Waals surface area contributed by atoms with Crippen LogP contribution in [0.5, 0.6) is 5.88 Å². The quantitative estimate of drug-likeness (QED) is 0.820. The fourth-order valence-electron chi connectivity index (χ4n) is 1.50. The van der Waals surface area contributed by atoms with Crippen LogP contribution in [-0.4, -0.2) is 17.1 Å². The lowest BCUT2D eigenvalue weighted by molar-refractivity contribution is 0.0989. The molecule has 0 atom stereocenters. The molecule has 0 saturated carbocycles. The molecule has 3 nitrogen and oxygen atoms in total. The Morgan fingerprint density at radius 3 is 2.68 bits per heavy atom. The lowest BCUT2D eigenvalue weighted by Crippen LogP contribution is -2.27. The Labute approximate surface area is 121 Å². The first kappa shape index (κ1) is 16.3. The molecule has 0 bridgehead atoms. The van der Waals surface area contributed by atoms with Gasteiger partial charge in [-0.05, 0) is 38.3 Å².